The number of ketones is 1. The number of pyridine rings is 1. The van der Waals surface area contributed by atoms with Crippen molar-refractivity contribution in [2.75, 3.05) is 13.7 Å². The summed E-state index contributed by atoms with van der Waals surface area (Å²) in [5.41, 5.74) is 1.72. The molecule has 0 fully saturated rings. The normalized spacial score (nSPS) is 10.2. The number of hydrogen-bond donors (Lipinski definition) is 1. The van der Waals surface area contributed by atoms with Gasteiger partial charge in [0.2, 0.25) is 5.91 Å². The second-order valence-corrected chi connectivity index (χ2v) is 5.47. The van der Waals surface area contributed by atoms with Crippen LogP contribution in [0, 0.1) is 0 Å². The van der Waals surface area contributed by atoms with Crippen molar-refractivity contribution in [3.8, 4) is 5.75 Å². The van der Waals surface area contributed by atoms with Crippen molar-refractivity contribution in [3.63, 3.8) is 0 Å². The van der Waals surface area contributed by atoms with Gasteiger partial charge in [0.25, 0.3) is 0 Å². The number of methoxy groups -OCH3 is 1. The van der Waals surface area contributed by atoms with Crippen LogP contribution in [0.4, 0.5) is 0 Å². The third-order valence-corrected chi connectivity index (χ3v) is 3.66. The molecule has 0 bridgehead atoms. The lowest BCUT2D eigenvalue weighted by Gasteiger charge is -2.06. The minimum absolute atomic E-state index is 0.0561. The molecule has 0 unspecified atom stereocenters. The van der Waals surface area contributed by atoms with Gasteiger partial charge in [0.1, 0.15) is 5.75 Å². The van der Waals surface area contributed by atoms with Crippen molar-refractivity contribution in [3.05, 3.63) is 59.9 Å². The van der Waals surface area contributed by atoms with Gasteiger partial charge in [0, 0.05) is 37.3 Å². The number of ether oxygens (including phenoxy) is 1. The number of carbonyl (C=O) groups excluding carboxylic acids is 2. The molecule has 1 aromatic carbocycles. The SMILES string of the molecule is COc1cccc(C(=O)CCC(=O)NCCCc2cccnc2)c1. The standard InChI is InChI=1S/C19H22N2O3/c1-24-17-8-2-7-16(13-17)18(22)9-10-19(23)21-12-4-6-15-5-3-11-20-14-15/h2-3,5,7-8,11,13-14H,4,6,9-10,12H2,1H3,(H,21,23). The van der Waals surface area contributed by atoms with Gasteiger partial charge in [-0.1, -0.05) is 18.2 Å². The van der Waals surface area contributed by atoms with Gasteiger partial charge in [-0.3, -0.25) is 14.6 Å². The van der Waals surface area contributed by atoms with E-state index in [2.05, 4.69) is 10.3 Å². The van der Waals surface area contributed by atoms with E-state index >= 15 is 0 Å². The van der Waals surface area contributed by atoms with Gasteiger partial charge in [-0.15, -0.1) is 0 Å². The minimum Gasteiger partial charge on any atom is -0.497 e. The van der Waals surface area contributed by atoms with Gasteiger partial charge < -0.3 is 10.1 Å². The number of nitrogens with one attached hydrogen (secondary N) is 1. The number of amides is 1. The average molecular weight is 326 g/mol. The Labute approximate surface area is 142 Å². The van der Waals surface area contributed by atoms with Crippen LogP contribution in [0.2, 0.25) is 0 Å². The Morgan fingerprint density at radius 3 is 2.79 bits per heavy atom. The zero-order valence-electron chi connectivity index (χ0n) is 13.8. The van der Waals surface area contributed by atoms with E-state index < -0.39 is 0 Å². The quantitative estimate of drug-likeness (QED) is 0.568. The van der Waals surface area contributed by atoms with E-state index in [1.54, 1.807) is 37.6 Å². The van der Waals surface area contributed by atoms with Crippen LogP contribution < -0.4 is 10.1 Å². The lowest BCUT2D eigenvalue weighted by molar-refractivity contribution is -0.121. The van der Waals surface area contributed by atoms with Crippen molar-refractivity contribution in [2.45, 2.75) is 25.7 Å². The third-order valence-electron chi connectivity index (χ3n) is 3.66. The number of aryl methyl sites for hydroxylation is 1. The molecule has 0 aliphatic heterocycles. The van der Waals surface area contributed by atoms with Crippen LogP contribution in [0.15, 0.2) is 48.8 Å². The van der Waals surface area contributed by atoms with Gasteiger partial charge in [-0.2, -0.15) is 0 Å². The lowest BCUT2D eigenvalue weighted by Crippen LogP contribution is -2.25. The zero-order chi connectivity index (χ0) is 17.2. The highest BCUT2D eigenvalue weighted by atomic mass is 16.5. The van der Waals surface area contributed by atoms with Crippen LogP contribution in [0.5, 0.6) is 5.75 Å². The highest BCUT2D eigenvalue weighted by molar-refractivity contribution is 5.98. The smallest absolute Gasteiger partial charge is 0.220 e. The fourth-order valence-corrected chi connectivity index (χ4v) is 2.32. The van der Waals surface area contributed by atoms with E-state index in [0.717, 1.165) is 18.4 Å². The Hall–Kier alpha value is -2.69. The Kier molecular flexibility index (Phi) is 6.95. The van der Waals surface area contributed by atoms with Gasteiger partial charge in [-0.25, -0.2) is 0 Å². The summed E-state index contributed by atoms with van der Waals surface area (Å²) in [7, 11) is 1.56. The fourth-order valence-electron chi connectivity index (χ4n) is 2.32. The number of benzene rings is 1. The predicted octanol–water partition coefficient (Wildman–Crippen LogP) is 2.80. The molecular weight excluding hydrogens is 304 g/mol. The largest absolute Gasteiger partial charge is 0.497 e. The minimum atomic E-state index is -0.0996. The number of hydrogen-bond acceptors (Lipinski definition) is 4. The van der Waals surface area contributed by atoms with Crippen molar-refractivity contribution in [2.24, 2.45) is 0 Å². The monoisotopic (exact) mass is 326 g/mol. The second kappa shape index (κ2) is 9.45. The molecule has 0 saturated heterocycles. The van der Waals surface area contributed by atoms with E-state index in [9.17, 15) is 9.59 Å². The second-order valence-electron chi connectivity index (χ2n) is 5.47. The Morgan fingerprint density at radius 2 is 2.04 bits per heavy atom. The van der Waals surface area contributed by atoms with Crippen molar-refractivity contribution in [1.29, 1.82) is 0 Å². The van der Waals surface area contributed by atoms with Crippen LogP contribution in [-0.4, -0.2) is 30.3 Å². The molecule has 0 aliphatic rings. The molecule has 0 aliphatic carbocycles. The molecule has 0 radical (unpaired) electrons. The Balaban J connectivity index is 1.66. The van der Waals surface area contributed by atoms with Crippen LogP contribution in [-0.2, 0) is 11.2 Å². The van der Waals surface area contributed by atoms with Gasteiger partial charge in [-0.05, 0) is 36.6 Å². The van der Waals surface area contributed by atoms with Crippen molar-refractivity contribution >= 4 is 11.7 Å². The third kappa shape index (κ3) is 5.83. The fraction of sp³-hybridized carbons (Fsp3) is 0.316. The van der Waals surface area contributed by atoms with Crippen LogP contribution >= 0.6 is 0 Å². The summed E-state index contributed by atoms with van der Waals surface area (Å²) in [6.45, 7) is 0.598. The highest BCUT2D eigenvalue weighted by Gasteiger charge is 2.10. The molecule has 1 N–H and O–H groups in total. The predicted molar refractivity (Wildman–Crippen MR) is 92.1 cm³/mol. The summed E-state index contributed by atoms with van der Waals surface area (Å²) in [5, 5.41) is 2.85. The number of carbonyl (C=O) groups is 2. The molecule has 1 aromatic heterocycles. The molecule has 2 aromatic rings. The number of aromatic nitrogens is 1. The first kappa shape index (κ1) is 17.7. The van der Waals surface area contributed by atoms with Crippen LogP contribution in [0.1, 0.15) is 35.2 Å². The summed E-state index contributed by atoms with van der Waals surface area (Å²) >= 11 is 0. The Bertz CT molecular complexity index is 671. The summed E-state index contributed by atoms with van der Waals surface area (Å²) < 4.78 is 5.10. The Morgan fingerprint density at radius 1 is 1.17 bits per heavy atom. The number of nitrogens with zero attached hydrogens (tertiary/aromatic N) is 1. The van der Waals surface area contributed by atoms with E-state index in [4.69, 9.17) is 4.74 Å². The molecule has 24 heavy (non-hydrogen) atoms. The van der Waals surface area contributed by atoms with Crippen molar-refractivity contribution in [1.82, 2.24) is 10.3 Å². The molecule has 2 rings (SSSR count). The van der Waals surface area contributed by atoms with E-state index in [-0.39, 0.29) is 24.5 Å². The molecule has 5 nitrogen and oxygen atoms in total. The van der Waals surface area contributed by atoms with Gasteiger partial charge >= 0.3 is 0 Å². The first-order valence-electron chi connectivity index (χ1n) is 8.02. The summed E-state index contributed by atoms with van der Waals surface area (Å²) in [4.78, 5) is 28.0. The summed E-state index contributed by atoms with van der Waals surface area (Å²) in [6, 6.07) is 10.9. The van der Waals surface area contributed by atoms with Gasteiger partial charge in [0.05, 0.1) is 7.11 Å². The average Bonchev–Trinajstić information content (AvgIpc) is 2.64. The van der Waals surface area contributed by atoms with E-state index in [1.807, 2.05) is 18.3 Å². The molecule has 1 heterocycles. The van der Waals surface area contributed by atoms with Gasteiger partial charge in [0.15, 0.2) is 5.78 Å². The number of rotatable bonds is 9. The maximum absolute atomic E-state index is 12.1. The van der Waals surface area contributed by atoms with Crippen LogP contribution in [0.25, 0.3) is 0 Å². The molecule has 126 valence electrons. The summed E-state index contributed by atoms with van der Waals surface area (Å²) in [5.74, 6) is 0.484. The maximum Gasteiger partial charge on any atom is 0.220 e. The zero-order valence-corrected chi connectivity index (χ0v) is 13.8. The first-order chi connectivity index (χ1) is 11.7. The molecule has 0 spiro atoms. The molecule has 1 amide bonds. The molecule has 5 heteroatoms. The van der Waals surface area contributed by atoms with E-state index in [0.29, 0.717) is 17.9 Å². The van der Waals surface area contributed by atoms with Crippen molar-refractivity contribution < 1.29 is 14.3 Å². The first-order valence-corrected chi connectivity index (χ1v) is 8.02. The maximum atomic E-state index is 12.1. The molecular formula is C19H22N2O3. The van der Waals surface area contributed by atoms with Crippen LogP contribution in [0.3, 0.4) is 0 Å². The summed E-state index contributed by atoms with van der Waals surface area (Å²) in [6.07, 6.45) is 5.68. The highest BCUT2D eigenvalue weighted by Crippen LogP contribution is 2.14. The lowest BCUT2D eigenvalue weighted by atomic mass is 10.1. The molecule has 0 saturated carbocycles. The van der Waals surface area contributed by atoms with E-state index in [1.165, 1.54) is 0 Å². The topological polar surface area (TPSA) is 68.3 Å². The molecule has 0 atom stereocenters. The number of Topliss-reactive ketones (excluding diaryl/α,β-unsaturated/α-hetero) is 1.